The molecule has 5 rings (SSSR count). The van der Waals surface area contributed by atoms with E-state index >= 15 is 0 Å². The van der Waals surface area contributed by atoms with Crippen LogP contribution in [0, 0.1) is 11.8 Å². The molecule has 146 valence electrons. The number of piperidine rings is 2. The largest absolute Gasteiger partial charge is 0.444 e. The molecular weight excluding hydrogens is 328 g/mol. The molecule has 2 aliphatic carbocycles. The Morgan fingerprint density at radius 1 is 0.962 bits per heavy atom. The molecule has 3 saturated heterocycles. The van der Waals surface area contributed by atoms with Crippen molar-refractivity contribution in [3.05, 3.63) is 0 Å². The maximum absolute atomic E-state index is 13.5. The number of nitrogens with zero attached hydrogens (tertiary/aromatic N) is 2. The zero-order valence-corrected chi connectivity index (χ0v) is 16.6. The third-order valence-electron chi connectivity index (χ3n) is 6.97. The molecule has 5 fully saturated rings. The second-order valence-corrected chi connectivity index (χ2v) is 9.92. The van der Waals surface area contributed by atoms with Crippen LogP contribution in [-0.2, 0) is 9.53 Å². The summed E-state index contributed by atoms with van der Waals surface area (Å²) in [6.07, 6.45) is 9.88. The quantitative estimate of drug-likeness (QED) is 0.709. The molecule has 0 N–H and O–H groups in total. The molecule has 0 spiro atoms. The van der Waals surface area contributed by atoms with Crippen LogP contribution < -0.4 is 0 Å². The monoisotopic (exact) mass is 362 g/mol. The summed E-state index contributed by atoms with van der Waals surface area (Å²) in [5.74, 6) is 1.33. The van der Waals surface area contributed by atoms with E-state index in [-0.39, 0.29) is 24.1 Å². The summed E-state index contributed by atoms with van der Waals surface area (Å²) in [7, 11) is 0. The topological polar surface area (TPSA) is 49.9 Å². The normalized spacial score (nSPS) is 36.8. The first kappa shape index (κ1) is 18.1. The van der Waals surface area contributed by atoms with E-state index in [4.69, 9.17) is 4.74 Å². The van der Waals surface area contributed by atoms with Gasteiger partial charge in [-0.2, -0.15) is 0 Å². The summed E-state index contributed by atoms with van der Waals surface area (Å²) in [4.78, 5) is 30.5. The van der Waals surface area contributed by atoms with E-state index in [0.717, 1.165) is 45.1 Å². The molecular formula is C21H34N2O3. The molecule has 5 nitrogen and oxygen atoms in total. The van der Waals surface area contributed by atoms with Gasteiger partial charge in [-0.15, -0.1) is 0 Å². The van der Waals surface area contributed by atoms with Crippen LogP contribution in [0.5, 0.6) is 0 Å². The van der Waals surface area contributed by atoms with Crippen molar-refractivity contribution < 1.29 is 14.3 Å². The second-order valence-electron chi connectivity index (χ2n) is 9.92. The van der Waals surface area contributed by atoms with Crippen LogP contribution in [-0.4, -0.2) is 52.1 Å². The molecule has 5 aliphatic rings. The first-order valence-electron chi connectivity index (χ1n) is 10.7. The number of carbonyl (C=O) groups is 2. The summed E-state index contributed by atoms with van der Waals surface area (Å²) in [6.45, 7) is 6.61. The Kier molecular flexibility index (Phi) is 4.68. The third kappa shape index (κ3) is 3.34. The highest BCUT2D eigenvalue weighted by Crippen LogP contribution is 2.43. The summed E-state index contributed by atoms with van der Waals surface area (Å²) >= 11 is 0. The standard InChI is InChI=1S/C21H34N2O3/c1-21(2,3)26-20(25)23-17-7-5-4-6-15(17)12-18(23)19(24)22-13-14-8-10-16(22)11-9-14/h14-18H,4-13H2,1-3H3/t14?,15-,16?,17-,18?/m0/s1. The zero-order valence-electron chi connectivity index (χ0n) is 16.6. The van der Waals surface area contributed by atoms with Crippen molar-refractivity contribution in [2.45, 2.75) is 102 Å². The van der Waals surface area contributed by atoms with Crippen LogP contribution in [0.25, 0.3) is 0 Å². The molecule has 0 aromatic heterocycles. The van der Waals surface area contributed by atoms with E-state index in [2.05, 4.69) is 4.90 Å². The van der Waals surface area contributed by atoms with Crippen molar-refractivity contribution in [3.63, 3.8) is 0 Å². The van der Waals surface area contributed by atoms with E-state index in [1.54, 1.807) is 0 Å². The zero-order chi connectivity index (χ0) is 18.5. The maximum atomic E-state index is 13.5. The van der Waals surface area contributed by atoms with Gasteiger partial charge in [0, 0.05) is 18.6 Å². The Balaban J connectivity index is 1.56. The predicted molar refractivity (Wildman–Crippen MR) is 99.7 cm³/mol. The second kappa shape index (κ2) is 6.72. The van der Waals surface area contributed by atoms with Crippen LogP contribution in [0.1, 0.15) is 78.6 Å². The van der Waals surface area contributed by atoms with Gasteiger partial charge in [0.2, 0.25) is 5.91 Å². The fourth-order valence-corrected chi connectivity index (χ4v) is 5.79. The van der Waals surface area contributed by atoms with Gasteiger partial charge in [0.15, 0.2) is 0 Å². The average molecular weight is 363 g/mol. The van der Waals surface area contributed by atoms with Crippen molar-refractivity contribution in [3.8, 4) is 0 Å². The van der Waals surface area contributed by atoms with Gasteiger partial charge in [0.25, 0.3) is 0 Å². The SMILES string of the molecule is CC(C)(C)OC(=O)N1C(C(=O)N2CC3CCC2CC3)C[C@@H]2CCCC[C@@H]21. The van der Waals surface area contributed by atoms with E-state index in [1.165, 1.54) is 19.3 Å². The number of likely N-dealkylation sites (tertiary alicyclic amines) is 1. The average Bonchev–Trinajstić information content (AvgIpc) is 3.00. The molecule has 1 unspecified atom stereocenters. The van der Waals surface area contributed by atoms with Crippen LogP contribution in [0.3, 0.4) is 0 Å². The van der Waals surface area contributed by atoms with Gasteiger partial charge in [-0.05, 0) is 77.6 Å². The van der Waals surface area contributed by atoms with Gasteiger partial charge < -0.3 is 9.64 Å². The number of hydrogen-bond acceptors (Lipinski definition) is 3. The minimum atomic E-state index is -0.526. The Morgan fingerprint density at radius 3 is 2.27 bits per heavy atom. The smallest absolute Gasteiger partial charge is 0.411 e. The van der Waals surface area contributed by atoms with E-state index in [1.807, 2.05) is 25.7 Å². The first-order valence-corrected chi connectivity index (χ1v) is 10.7. The molecule has 3 heterocycles. The van der Waals surface area contributed by atoms with Crippen LogP contribution >= 0.6 is 0 Å². The van der Waals surface area contributed by atoms with E-state index < -0.39 is 5.60 Å². The fraction of sp³-hybridized carbons (Fsp3) is 0.905. The molecule has 26 heavy (non-hydrogen) atoms. The predicted octanol–water partition coefficient (Wildman–Crippen LogP) is 3.96. The van der Waals surface area contributed by atoms with Crippen LogP contribution in [0.4, 0.5) is 4.79 Å². The summed E-state index contributed by atoms with van der Waals surface area (Å²) in [6, 6.07) is 0.280. The lowest BCUT2D eigenvalue weighted by Gasteiger charge is -2.47. The fourth-order valence-electron chi connectivity index (χ4n) is 5.79. The molecule has 0 aromatic rings. The van der Waals surface area contributed by atoms with Gasteiger partial charge in [-0.3, -0.25) is 9.69 Å². The lowest BCUT2D eigenvalue weighted by Crippen LogP contribution is -2.57. The Hall–Kier alpha value is -1.26. The highest BCUT2D eigenvalue weighted by atomic mass is 16.6. The van der Waals surface area contributed by atoms with Crippen molar-refractivity contribution in [2.24, 2.45) is 11.8 Å². The van der Waals surface area contributed by atoms with Crippen LogP contribution in [0.15, 0.2) is 0 Å². The highest BCUT2D eigenvalue weighted by molar-refractivity contribution is 5.87. The number of amides is 2. The summed E-state index contributed by atoms with van der Waals surface area (Å²) < 4.78 is 5.72. The molecule has 2 saturated carbocycles. The molecule has 3 aliphatic heterocycles. The molecule has 2 amide bonds. The Bertz CT molecular complexity index is 562. The van der Waals surface area contributed by atoms with Crippen molar-refractivity contribution in [2.75, 3.05) is 6.54 Å². The van der Waals surface area contributed by atoms with Crippen molar-refractivity contribution in [1.82, 2.24) is 9.80 Å². The van der Waals surface area contributed by atoms with Gasteiger partial charge >= 0.3 is 6.09 Å². The van der Waals surface area contributed by atoms with Gasteiger partial charge in [-0.25, -0.2) is 4.79 Å². The molecule has 2 bridgehead atoms. The minimum absolute atomic E-state index is 0.189. The van der Waals surface area contributed by atoms with Crippen LogP contribution in [0.2, 0.25) is 0 Å². The van der Waals surface area contributed by atoms with Gasteiger partial charge in [0.05, 0.1) is 0 Å². The number of hydrogen-bond donors (Lipinski definition) is 0. The lowest BCUT2D eigenvalue weighted by molar-refractivity contribution is -0.144. The molecule has 5 heteroatoms. The molecule has 0 aromatic carbocycles. The third-order valence-corrected chi connectivity index (χ3v) is 6.97. The maximum Gasteiger partial charge on any atom is 0.411 e. The van der Waals surface area contributed by atoms with Crippen molar-refractivity contribution >= 4 is 12.0 Å². The van der Waals surface area contributed by atoms with E-state index in [0.29, 0.717) is 17.9 Å². The number of ether oxygens (including phenoxy) is 1. The van der Waals surface area contributed by atoms with Gasteiger partial charge in [-0.1, -0.05) is 12.8 Å². The van der Waals surface area contributed by atoms with Gasteiger partial charge in [0.1, 0.15) is 11.6 Å². The number of fused-ring (bicyclic) bond motifs is 4. The number of carbonyl (C=O) groups excluding carboxylic acids is 2. The summed E-state index contributed by atoms with van der Waals surface area (Å²) in [5, 5.41) is 0. The summed E-state index contributed by atoms with van der Waals surface area (Å²) in [5.41, 5.74) is -0.526. The van der Waals surface area contributed by atoms with Crippen molar-refractivity contribution in [1.29, 1.82) is 0 Å². The molecule has 0 radical (unpaired) electrons. The minimum Gasteiger partial charge on any atom is -0.444 e. The first-order chi connectivity index (χ1) is 12.3. The molecule has 3 atom stereocenters. The Morgan fingerprint density at radius 2 is 1.65 bits per heavy atom. The Labute approximate surface area is 157 Å². The van der Waals surface area contributed by atoms with E-state index in [9.17, 15) is 9.59 Å². The lowest BCUT2D eigenvalue weighted by atomic mass is 9.79. The number of rotatable bonds is 1. The highest BCUT2D eigenvalue weighted by Gasteiger charge is 2.51.